The Kier molecular flexibility index (Phi) is 10.2. The van der Waals surface area contributed by atoms with Gasteiger partial charge in [0.2, 0.25) is 0 Å². The monoisotopic (exact) mass is 962 g/mol. The predicted molar refractivity (Wildman–Crippen MR) is 310 cm³/mol. The standard InChI is InChI=1S/C68H54N2O2S/c1-3-17-43(18-4-1)45-33-37-47(38-34-45)69(57-29-15-27-55-51-23-11-13-31-61(51)71-67(55)57)59-41-63-65(53-25-9-7-21-49(53)59)66-54-26-10-8-22-50(54)60(42-64(66)73-63)70(48-39-35-46(36-40-48)44-19-5-2-6-20-44)58-30-16-28-56-52-24-12-14-32-62(52)72-68(56)58/h7-16,21-44H,1-6,17-20H2. The van der Waals surface area contributed by atoms with Gasteiger partial charge in [0, 0.05) is 63.9 Å². The molecular formula is C68H54N2O2S. The number of furan rings is 2. The van der Waals surface area contributed by atoms with Crippen molar-refractivity contribution in [1.29, 1.82) is 0 Å². The number of hydrogen-bond donors (Lipinski definition) is 0. The van der Waals surface area contributed by atoms with Gasteiger partial charge in [-0.2, -0.15) is 0 Å². The van der Waals surface area contributed by atoms with Gasteiger partial charge < -0.3 is 18.6 Å². The van der Waals surface area contributed by atoms with Crippen molar-refractivity contribution in [1.82, 2.24) is 0 Å². The summed E-state index contributed by atoms with van der Waals surface area (Å²) in [6, 6.07) is 72.2. The molecule has 0 saturated heterocycles. The molecule has 0 atom stereocenters. The van der Waals surface area contributed by atoms with Crippen molar-refractivity contribution in [2.45, 2.75) is 76.0 Å². The first kappa shape index (κ1) is 42.8. The summed E-state index contributed by atoms with van der Waals surface area (Å²) in [5, 5.41) is 12.0. The molecule has 2 aliphatic carbocycles. The van der Waals surface area contributed by atoms with E-state index in [9.17, 15) is 0 Å². The smallest absolute Gasteiger partial charge is 0.159 e. The van der Waals surface area contributed by atoms with Crippen LogP contribution in [0.3, 0.4) is 0 Å². The second-order valence-electron chi connectivity index (χ2n) is 20.8. The molecule has 354 valence electrons. The van der Waals surface area contributed by atoms with Crippen LogP contribution in [0.25, 0.3) is 85.6 Å². The van der Waals surface area contributed by atoms with Crippen LogP contribution in [0.2, 0.25) is 0 Å². The first-order valence-electron chi connectivity index (χ1n) is 26.6. The molecule has 0 N–H and O–H groups in total. The molecule has 0 spiro atoms. The highest BCUT2D eigenvalue weighted by molar-refractivity contribution is 7.26. The lowest BCUT2D eigenvalue weighted by molar-refractivity contribution is 0.443. The Bertz CT molecular complexity index is 3970. The van der Waals surface area contributed by atoms with Crippen molar-refractivity contribution >= 4 is 131 Å². The SMILES string of the molecule is c1ccc2c(c1)oc1c(N(c3ccc(C4CCCCC4)cc3)c3cc4sc5cc(N(c6ccc(C7CCCCC7)cc6)c6cccc7c6oc6ccccc67)c6ccccc6c5c4c4ccccc34)cccc12. The third kappa shape index (κ3) is 7.00. The summed E-state index contributed by atoms with van der Waals surface area (Å²) in [7, 11) is 0. The van der Waals surface area contributed by atoms with Crippen LogP contribution in [0.5, 0.6) is 0 Å². The fraction of sp³-hybridized carbons (Fsp3) is 0.176. The lowest BCUT2D eigenvalue weighted by Gasteiger charge is -2.28. The van der Waals surface area contributed by atoms with E-state index in [4.69, 9.17) is 8.83 Å². The Labute approximate surface area is 428 Å². The Balaban J connectivity index is 0.971. The largest absolute Gasteiger partial charge is 0.454 e. The van der Waals surface area contributed by atoms with E-state index in [0.717, 1.165) is 78.0 Å². The fourth-order valence-corrected chi connectivity index (χ4v) is 14.3. The van der Waals surface area contributed by atoms with Crippen LogP contribution in [0, 0.1) is 0 Å². The summed E-state index contributed by atoms with van der Waals surface area (Å²) < 4.78 is 16.2. The summed E-state index contributed by atoms with van der Waals surface area (Å²) in [6.45, 7) is 0. The average molecular weight is 963 g/mol. The van der Waals surface area contributed by atoms with Crippen molar-refractivity contribution in [3.05, 3.63) is 205 Å². The molecule has 4 nitrogen and oxygen atoms in total. The number of benzene rings is 10. The Morgan fingerprint density at radius 3 is 1.12 bits per heavy atom. The number of nitrogens with zero attached hydrogens (tertiary/aromatic N) is 2. The molecule has 0 unspecified atom stereocenters. The van der Waals surface area contributed by atoms with E-state index in [1.807, 2.05) is 11.3 Å². The molecule has 0 aliphatic heterocycles. The number of para-hydroxylation sites is 4. The van der Waals surface area contributed by atoms with Crippen molar-refractivity contribution in [2.75, 3.05) is 9.80 Å². The van der Waals surface area contributed by atoms with Gasteiger partial charge in [-0.25, -0.2) is 0 Å². The third-order valence-electron chi connectivity index (χ3n) is 16.6. The molecule has 15 rings (SSSR count). The minimum Gasteiger partial charge on any atom is -0.454 e. The highest BCUT2D eigenvalue weighted by atomic mass is 32.1. The van der Waals surface area contributed by atoms with Gasteiger partial charge in [0.1, 0.15) is 11.2 Å². The van der Waals surface area contributed by atoms with E-state index in [-0.39, 0.29) is 0 Å². The van der Waals surface area contributed by atoms with Crippen molar-refractivity contribution in [2.24, 2.45) is 0 Å². The zero-order valence-corrected chi connectivity index (χ0v) is 41.6. The number of fused-ring (bicyclic) bond motifs is 13. The Morgan fingerprint density at radius 2 is 0.699 bits per heavy atom. The van der Waals surface area contributed by atoms with Crippen LogP contribution >= 0.6 is 11.3 Å². The fourth-order valence-electron chi connectivity index (χ4n) is 13.1. The maximum absolute atomic E-state index is 6.86. The zero-order chi connectivity index (χ0) is 48.0. The number of anilines is 6. The number of hydrogen-bond acceptors (Lipinski definition) is 5. The number of thiophene rings is 1. The maximum atomic E-state index is 6.86. The van der Waals surface area contributed by atoms with Gasteiger partial charge in [-0.05, 0) is 120 Å². The van der Waals surface area contributed by atoms with Crippen molar-refractivity contribution in [3.8, 4) is 0 Å². The minimum absolute atomic E-state index is 0.619. The minimum atomic E-state index is 0.619. The summed E-state index contributed by atoms with van der Waals surface area (Å²) in [5.74, 6) is 1.24. The molecule has 13 aromatic rings. The van der Waals surface area contributed by atoms with Gasteiger partial charge in [0.25, 0.3) is 0 Å². The van der Waals surface area contributed by atoms with Crippen molar-refractivity contribution < 1.29 is 8.83 Å². The van der Waals surface area contributed by atoms with Gasteiger partial charge in [-0.3, -0.25) is 0 Å². The lowest BCUT2D eigenvalue weighted by atomic mass is 9.84. The first-order chi connectivity index (χ1) is 36.2. The van der Waals surface area contributed by atoms with Crippen LogP contribution in [0.1, 0.15) is 87.2 Å². The van der Waals surface area contributed by atoms with Gasteiger partial charge in [0.05, 0.1) is 22.7 Å². The van der Waals surface area contributed by atoms with Gasteiger partial charge in [-0.15, -0.1) is 11.3 Å². The van der Waals surface area contributed by atoms with Crippen LogP contribution in [-0.2, 0) is 0 Å². The quantitative estimate of drug-likeness (QED) is 0.152. The van der Waals surface area contributed by atoms with Crippen LogP contribution in [-0.4, -0.2) is 0 Å². The van der Waals surface area contributed by atoms with Crippen LogP contribution in [0.4, 0.5) is 34.1 Å². The molecule has 0 amide bonds. The summed E-state index contributed by atoms with van der Waals surface area (Å²) in [4.78, 5) is 4.94. The van der Waals surface area contributed by atoms with Crippen molar-refractivity contribution in [3.63, 3.8) is 0 Å². The van der Waals surface area contributed by atoms with E-state index >= 15 is 0 Å². The maximum Gasteiger partial charge on any atom is 0.159 e. The molecule has 73 heavy (non-hydrogen) atoms. The highest BCUT2D eigenvalue weighted by Crippen LogP contribution is 2.53. The summed E-state index contributed by atoms with van der Waals surface area (Å²) in [6.07, 6.45) is 13.0. The molecule has 2 fully saturated rings. The molecular weight excluding hydrogens is 909 g/mol. The van der Waals surface area contributed by atoms with E-state index in [1.54, 1.807) is 0 Å². The Hall–Kier alpha value is -7.86. The van der Waals surface area contributed by atoms with Gasteiger partial charge in [-0.1, -0.05) is 172 Å². The zero-order valence-electron chi connectivity index (χ0n) is 40.8. The normalized spacial score (nSPS) is 15.0. The van der Waals surface area contributed by atoms with E-state index in [0.29, 0.717) is 11.8 Å². The van der Waals surface area contributed by atoms with E-state index in [2.05, 4.69) is 204 Å². The topological polar surface area (TPSA) is 32.8 Å². The Morgan fingerprint density at radius 1 is 0.329 bits per heavy atom. The second kappa shape index (κ2) is 17.4. The molecule has 5 heteroatoms. The van der Waals surface area contributed by atoms with E-state index < -0.39 is 0 Å². The molecule has 0 radical (unpaired) electrons. The average Bonchev–Trinajstić information content (AvgIpc) is 4.17. The molecule has 10 aromatic carbocycles. The second-order valence-corrected chi connectivity index (χ2v) is 21.8. The molecule has 3 aromatic heterocycles. The highest BCUT2D eigenvalue weighted by Gasteiger charge is 2.28. The van der Waals surface area contributed by atoms with Crippen LogP contribution in [0.15, 0.2) is 203 Å². The third-order valence-corrected chi connectivity index (χ3v) is 17.7. The van der Waals surface area contributed by atoms with Gasteiger partial charge >= 0.3 is 0 Å². The molecule has 3 heterocycles. The molecule has 0 bridgehead atoms. The van der Waals surface area contributed by atoms with Gasteiger partial charge in [0.15, 0.2) is 11.2 Å². The molecule has 2 saturated carbocycles. The number of rotatable bonds is 8. The summed E-state index contributed by atoms with van der Waals surface area (Å²) in [5.41, 5.74) is 13.0. The molecule has 2 aliphatic rings. The van der Waals surface area contributed by atoms with E-state index in [1.165, 1.54) is 117 Å². The summed E-state index contributed by atoms with van der Waals surface area (Å²) >= 11 is 1.89. The van der Waals surface area contributed by atoms with Crippen LogP contribution < -0.4 is 9.80 Å². The predicted octanol–water partition coefficient (Wildman–Crippen LogP) is 21.2. The lowest BCUT2D eigenvalue weighted by Crippen LogP contribution is -2.11. The first-order valence-corrected chi connectivity index (χ1v) is 27.4.